The van der Waals surface area contributed by atoms with Gasteiger partial charge in [0.15, 0.2) is 0 Å². The van der Waals surface area contributed by atoms with Gasteiger partial charge in [-0.3, -0.25) is 0 Å². The highest BCUT2D eigenvalue weighted by molar-refractivity contribution is 9.10. The highest BCUT2D eigenvalue weighted by Crippen LogP contribution is 2.21. The lowest BCUT2D eigenvalue weighted by Crippen LogP contribution is -2.18. The van der Waals surface area contributed by atoms with Gasteiger partial charge >= 0.3 is 0 Å². The van der Waals surface area contributed by atoms with Gasteiger partial charge in [-0.15, -0.1) is 0 Å². The van der Waals surface area contributed by atoms with Crippen LogP contribution in [-0.4, -0.2) is 12.0 Å². The summed E-state index contributed by atoms with van der Waals surface area (Å²) in [6.45, 7) is 2.84. The summed E-state index contributed by atoms with van der Waals surface area (Å²) in [6, 6.07) is 9.96. The van der Waals surface area contributed by atoms with E-state index in [0.717, 1.165) is 27.4 Å². The van der Waals surface area contributed by atoms with E-state index in [-0.39, 0.29) is 0 Å². The number of pyridine rings is 1. The maximum Gasteiger partial charge on any atom is 0.131 e. The van der Waals surface area contributed by atoms with Crippen LogP contribution >= 0.6 is 27.5 Å². The molecule has 0 radical (unpaired) electrons. The van der Waals surface area contributed by atoms with Crippen LogP contribution in [-0.2, 0) is 6.54 Å². The molecule has 94 valence electrons. The van der Waals surface area contributed by atoms with Crippen LogP contribution in [0.15, 0.2) is 41.0 Å². The number of hydrogen-bond acceptors (Lipinski definition) is 2. The lowest BCUT2D eigenvalue weighted by Gasteiger charge is -2.20. The van der Waals surface area contributed by atoms with Crippen molar-refractivity contribution in [1.82, 2.24) is 4.98 Å². The smallest absolute Gasteiger partial charge is 0.131 e. The van der Waals surface area contributed by atoms with E-state index < -0.39 is 0 Å². The Morgan fingerprint density at radius 2 is 2.11 bits per heavy atom. The summed E-state index contributed by atoms with van der Waals surface area (Å²) in [5.74, 6) is 0.984. The molecule has 0 atom stereocenters. The molecule has 0 aliphatic heterocycles. The highest BCUT2D eigenvalue weighted by Gasteiger charge is 2.07. The van der Waals surface area contributed by atoms with Crippen LogP contribution < -0.4 is 4.90 Å². The molecule has 4 heteroatoms. The van der Waals surface area contributed by atoms with Crippen molar-refractivity contribution in [2.45, 2.75) is 13.5 Å². The summed E-state index contributed by atoms with van der Waals surface area (Å²) in [6.07, 6.45) is 1.82. The number of rotatable bonds is 3. The Kier molecular flexibility index (Phi) is 4.25. The zero-order valence-electron chi connectivity index (χ0n) is 10.3. The van der Waals surface area contributed by atoms with Gasteiger partial charge in [-0.05, 0) is 52.2 Å². The first kappa shape index (κ1) is 13.4. The number of benzene rings is 1. The van der Waals surface area contributed by atoms with E-state index in [1.165, 1.54) is 5.56 Å². The number of anilines is 1. The van der Waals surface area contributed by atoms with Crippen molar-refractivity contribution < 1.29 is 0 Å². The van der Waals surface area contributed by atoms with Crippen molar-refractivity contribution in [2.24, 2.45) is 0 Å². The largest absolute Gasteiger partial charge is 0.355 e. The summed E-state index contributed by atoms with van der Waals surface area (Å²) in [7, 11) is 2.03. The number of halogens is 2. The fourth-order valence-electron chi connectivity index (χ4n) is 1.92. The molecule has 2 nitrogen and oxygen atoms in total. The zero-order chi connectivity index (χ0) is 13.1. The van der Waals surface area contributed by atoms with Crippen molar-refractivity contribution >= 4 is 33.3 Å². The molecule has 1 heterocycles. The van der Waals surface area contributed by atoms with Crippen molar-refractivity contribution in [3.8, 4) is 0 Å². The van der Waals surface area contributed by atoms with Crippen LogP contribution in [0.2, 0.25) is 5.02 Å². The average molecular weight is 326 g/mol. The zero-order valence-corrected chi connectivity index (χ0v) is 12.7. The van der Waals surface area contributed by atoms with Crippen molar-refractivity contribution in [1.29, 1.82) is 0 Å². The maximum absolute atomic E-state index is 5.99. The Balaban J connectivity index is 2.19. The fourth-order valence-corrected chi connectivity index (χ4v) is 2.58. The van der Waals surface area contributed by atoms with E-state index in [0.29, 0.717) is 0 Å². The van der Waals surface area contributed by atoms with Crippen LogP contribution in [0.4, 0.5) is 5.82 Å². The first-order valence-electron chi connectivity index (χ1n) is 5.64. The summed E-state index contributed by atoms with van der Waals surface area (Å²) in [5, 5.41) is 0.765. The second-order valence-corrected chi connectivity index (χ2v) is 5.63. The Bertz CT molecular complexity index is 557. The van der Waals surface area contributed by atoms with E-state index in [4.69, 9.17) is 11.6 Å². The minimum Gasteiger partial charge on any atom is -0.355 e. The first-order valence-corrected chi connectivity index (χ1v) is 6.81. The van der Waals surface area contributed by atoms with Gasteiger partial charge in [0.25, 0.3) is 0 Å². The number of aromatic nitrogens is 1. The van der Waals surface area contributed by atoms with Gasteiger partial charge in [-0.1, -0.05) is 23.7 Å². The SMILES string of the molecule is Cc1cc(Br)cnc1N(C)Cc1cccc(Cl)c1. The van der Waals surface area contributed by atoms with Gasteiger partial charge in [0.2, 0.25) is 0 Å². The molecule has 0 saturated carbocycles. The van der Waals surface area contributed by atoms with Crippen LogP contribution in [0.5, 0.6) is 0 Å². The lowest BCUT2D eigenvalue weighted by molar-refractivity contribution is 0.890. The third-order valence-corrected chi connectivity index (χ3v) is 3.36. The van der Waals surface area contributed by atoms with Gasteiger partial charge < -0.3 is 4.90 Å². The number of aryl methyl sites for hydroxylation is 1. The van der Waals surface area contributed by atoms with Crippen molar-refractivity contribution in [3.05, 3.63) is 57.2 Å². The molecule has 0 fully saturated rings. The Morgan fingerprint density at radius 1 is 1.33 bits per heavy atom. The standard InChI is InChI=1S/C14H14BrClN2/c1-10-6-12(15)8-17-14(10)18(2)9-11-4-3-5-13(16)7-11/h3-8H,9H2,1-2H3. The van der Waals surface area contributed by atoms with E-state index in [9.17, 15) is 0 Å². The third kappa shape index (κ3) is 3.24. The van der Waals surface area contributed by atoms with Gasteiger partial charge in [0.05, 0.1) is 0 Å². The predicted molar refractivity (Wildman–Crippen MR) is 80.2 cm³/mol. The normalized spacial score (nSPS) is 10.4. The fraction of sp³-hybridized carbons (Fsp3) is 0.214. The summed E-state index contributed by atoms with van der Waals surface area (Å²) in [4.78, 5) is 6.56. The monoisotopic (exact) mass is 324 g/mol. The molecule has 0 bridgehead atoms. The minimum atomic E-state index is 0.765. The van der Waals surface area contributed by atoms with Crippen LogP contribution in [0.1, 0.15) is 11.1 Å². The van der Waals surface area contributed by atoms with Crippen LogP contribution in [0.3, 0.4) is 0 Å². The highest BCUT2D eigenvalue weighted by atomic mass is 79.9. The molecular formula is C14H14BrClN2. The molecule has 0 aliphatic rings. The number of nitrogens with zero attached hydrogens (tertiary/aromatic N) is 2. The maximum atomic E-state index is 5.99. The van der Waals surface area contributed by atoms with E-state index in [1.54, 1.807) is 0 Å². The van der Waals surface area contributed by atoms with Gasteiger partial charge in [-0.2, -0.15) is 0 Å². The molecule has 0 aliphatic carbocycles. The topological polar surface area (TPSA) is 16.1 Å². The van der Waals surface area contributed by atoms with Gasteiger partial charge in [-0.25, -0.2) is 4.98 Å². The molecule has 18 heavy (non-hydrogen) atoms. The molecule has 0 unspecified atom stereocenters. The summed E-state index contributed by atoms with van der Waals surface area (Å²) < 4.78 is 1.000. The van der Waals surface area contributed by atoms with Gasteiger partial charge in [0.1, 0.15) is 5.82 Å². The molecule has 0 spiro atoms. The van der Waals surface area contributed by atoms with E-state index >= 15 is 0 Å². The minimum absolute atomic E-state index is 0.765. The Hall–Kier alpha value is -1.06. The molecule has 2 aromatic rings. The van der Waals surface area contributed by atoms with Crippen LogP contribution in [0, 0.1) is 6.92 Å². The number of hydrogen-bond donors (Lipinski definition) is 0. The van der Waals surface area contributed by atoms with E-state index in [2.05, 4.69) is 44.9 Å². The molecule has 0 N–H and O–H groups in total. The van der Waals surface area contributed by atoms with Gasteiger partial charge in [0, 0.05) is 29.3 Å². The Labute approximate surface area is 121 Å². The second kappa shape index (κ2) is 5.72. The third-order valence-electron chi connectivity index (χ3n) is 2.69. The van der Waals surface area contributed by atoms with Crippen molar-refractivity contribution in [2.75, 3.05) is 11.9 Å². The quantitative estimate of drug-likeness (QED) is 0.829. The molecule has 2 rings (SSSR count). The average Bonchev–Trinajstić information content (AvgIpc) is 2.28. The summed E-state index contributed by atoms with van der Waals surface area (Å²) in [5.41, 5.74) is 2.32. The van der Waals surface area contributed by atoms with E-state index in [1.807, 2.05) is 31.4 Å². The molecule has 0 saturated heterocycles. The first-order chi connectivity index (χ1) is 8.56. The predicted octanol–water partition coefficient (Wildman–Crippen LogP) is 4.44. The Morgan fingerprint density at radius 3 is 2.78 bits per heavy atom. The molecular weight excluding hydrogens is 312 g/mol. The second-order valence-electron chi connectivity index (χ2n) is 4.28. The summed E-state index contributed by atoms with van der Waals surface area (Å²) >= 11 is 9.41. The lowest BCUT2D eigenvalue weighted by atomic mass is 10.2. The molecule has 0 amide bonds. The molecule has 1 aromatic carbocycles. The molecule has 1 aromatic heterocycles. The van der Waals surface area contributed by atoms with Crippen LogP contribution in [0.25, 0.3) is 0 Å². The van der Waals surface area contributed by atoms with Crippen molar-refractivity contribution in [3.63, 3.8) is 0 Å².